The van der Waals surface area contributed by atoms with Crippen LogP contribution in [0.5, 0.6) is 0 Å². The minimum Gasteiger partial charge on any atom is -0.465 e. The third-order valence-electron chi connectivity index (χ3n) is 5.20. The van der Waals surface area contributed by atoms with E-state index in [1.165, 1.54) is 5.56 Å². The van der Waals surface area contributed by atoms with Crippen LogP contribution in [0.3, 0.4) is 0 Å². The van der Waals surface area contributed by atoms with E-state index in [0.717, 1.165) is 31.2 Å². The van der Waals surface area contributed by atoms with Crippen molar-refractivity contribution in [2.24, 2.45) is 0 Å². The Labute approximate surface area is 148 Å². The van der Waals surface area contributed by atoms with E-state index in [2.05, 4.69) is 14.8 Å². The molecule has 0 amide bonds. The fourth-order valence-electron chi connectivity index (χ4n) is 3.98. The first kappa shape index (κ1) is 16.8. The molecule has 134 valence electrons. The number of nitrogens with zero attached hydrogens (tertiary/aromatic N) is 3. The summed E-state index contributed by atoms with van der Waals surface area (Å²) >= 11 is 0. The van der Waals surface area contributed by atoms with E-state index >= 15 is 0 Å². The van der Waals surface area contributed by atoms with E-state index in [1.807, 2.05) is 31.2 Å². The van der Waals surface area contributed by atoms with Crippen LogP contribution in [0, 0.1) is 6.92 Å². The number of aromatic nitrogens is 1. The fourth-order valence-corrected chi connectivity index (χ4v) is 6.02. The van der Waals surface area contributed by atoms with Crippen molar-refractivity contribution in [3.05, 3.63) is 53.7 Å². The molecule has 2 atom stereocenters. The lowest BCUT2D eigenvalue weighted by molar-refractivity contribution is 0.0316. The molecule has 0 aromatic carbocycles. The van der Waals surface area contributed by atoms with E-state index in [4.69, 9.17) is 4.42 Å². The summed E-state index contributed by atoms with van der Waals surface area (Å²) in [4.78, 5) is 8.64. The van der Waals surface area contributed by atoms with Crippen molar-refractivity contribution in [3.8, 4) is 0 Å². The molecular formula is C18H23N3O3S. The summed E-state index contributed by atoms with van der Waals surface area (Å²) in [6.45, 7) is 5.08. The van der Waals surface area contributed by atoms with Crippen LogP contribution >= 0.6 is 0 Å². The van der Waals surface area contributed by atoms with Gasteiger partial charge in [0.05, 0.1) is 18.1 Å². The maximum absolute atomic E-state index is 12.3. The molecule has 25 heavy (non-hydrogen) atoms. The third-order valence-corrected chi connectivity index (χ3v) is 6.89. The molecule has 0 radical (unpaired) electrons. The van der Waals surface area contributed by atoms with Crippen LogP contribution in [-0.2, 0) is 22.9 Å². The molecule has 0 aliphatic carbocycles. The Morgan fingerprint density at radius 3 is 2.28 bits per heavy atom. The topological polar surface area (TPSA) is 66.7 Å². The van der Waals surface area contributed by atoms with Crippen molar-refractivity contribution in [3.63, 3.8) is 0 Å². The quantitative estimate of drug-likeness (QED) is 0.822. The maximum atomic E-state index is 12.3. The van der Waals surface area contributed by atoms with Gasteiger partial charge < -0.3 is 4.42 Å². The third kappa shape index (κ3) is 3.63. The standard InChI is InChI=1S/C18H23N3O3S/c1-14-2-3-16(24-14)11-21-9-8-20(10-15-4-6-19-7-5-15)17-12-25(22,23)13-18(17)21/h2-7,17-18H,8-13H2,1H3/t17-,18+/m0/s1. The maximum Gasteiger partial charge on any atom is 0.153 e. The molecule has 0 unspecified atom stereocenters. The van der Waals surface area contributed by atoms with Crippen molar-refractivity contribution in [1.29, 1.82) is 0 Å². The van der Waals surface area contributed by atoms with Crippen LogP contribution in [0.25, 0.3) is 0 Å². The van der Waals surface area contributed by atoms with Gasteiger partial charge in [-0.3, -0.25) is 14.8 Å². The second-order valence-electron chi connectivity index (χ2n) is 7.02. The second kappa shape index (κ2) is 6.55. The smallest absolute Gasteiger partial charge is 0.153 e. The Bertz CT molecular complexity index is 834. The number of furan rings is 1. The second-order valence-corrected chi connectivity index (χ2v) is 9.17. The highest BCUT2D eigenvalue weighted by Crippen LogP contribution is 2.29. The Hall–Kier alpha value is -1.70. The van der Waals surface area contributed by atoms with Crippen LogP contribution in [0.1, 0.15) is 17.1 Å². The van der Waals surface area contributed by atoms with Gasteiger partial charge in [0.1, 0.15) is 11.5 Å². The normalized spacial score (nSPS) is 26.6. The molecule has 2 fully saturated rings. The largest absolute Gasteiger partial charge is 0.465 e. The molecule has 2 aliphatic rings. The van der Waals surface area contributed by atoms with Gasteiger partial charge in [0.15, 0.2) is 9.84 Å². The molecule has 7 heteroatoms. The van der Waals surface area contributed by atoms with E-state index in [-0.39, 0.29) is 23.6 Å². The molecule has 4 heterocycles. The van der Waals surface area contributed by atoms with Gasteiger partial charge in [0.25, 0.3) is 0 Å². The minimum atomic E-state index is -3.00. The lowest BCUT2D eigenvalue weighted by atomic mass is 10.0. The number of rotatable bonds is 4. The van der Waals surface area contributed by atoms with Gasteiger partial charge in [-0.05, 0) is 36.8 Å². The monoisotopic (exact) mass is 361 g/mol. The lowest BCUT2D eigenvalue weighted by Crippen LogP contribution is -2.58. The number of sulfone groups is 1. The van der Waals surface area contributed by atoms with E-state index in [9.17, 15) is 8.42 Å². The molecule has 0 spiro atoms. The Kier molecular flexibility index (Phi) is 4.39. The summed E-state index contributed by atoms with van der Waals surface area (Å²) in [5.74, 6) is 2.28. The molecule has 0 saturated carbocycles. The first-order valence-corrected chi connectivity index (χ1v) is 10.4. The number of piperazine rings is 1. The molecule has 2 saturated heterocycles. The highest BCUT2D eigenvalue weighted by Gasteiger charge is 2.46. The molecular weight excluding hydrogens is 338 g/mol. The predicted molar refractivity (Wildman–Crippen MR) is 94.7 cm³/mol. The first-order chi connectivity index (χ1) is 12.0. The molecule has 4 rings (SSSR count). The zero-order valence-corrected chi connectivity index (χ0v) is 15.2. The van der Waals surface area contributed by atoms with Crippen molar-refractivity contribution < 1.29 is 12.8 Å². The summed E-state index contributed by atoms with van der Waals surface area (Å²) in [6.07, 6.45) is 3.57. The van der Waals surface area contributed by atoms with Crippen molar-refractivity contribution in [2.45, 2.75) is 32.1 Å². The average molecular weight is 361 g/mol. The zero-order valence-electron chi connectivity index (χ0n) is 14.3. The Morgan fingerprint density at radius 1 is 1.04 bits per heavy atom. The molecule has 0 N–H and O–H groups in total. The van der Waals surface area contributed by atoms with Crippen LogP contribution in [0.15, 0.2) is 41.1 Å². The van der Waals surface area contributed by atoms with E-state index in [0.29, 0.717) is 6.54 Å². The summed E-state index contributed by atoms with van der Waals surface area (Å²) < 4.78 is 30.3. The molecule has 2 aromatic heterocycles. The summed E-state index contributed by atoms with van der Waals surface area (Å²) in [5, 5.41) is 0. The van der Waals surface area contributed by atoms with Crippen molar-refractivity contribution >= 4 is 9.84 Å². The van der Waals surface area contributed by atoms with Gasteiger partial charge in [0, 0.05) is 44.1 Å². The Morgan fingerprint density at radius 2 is 1.68 bits per heavy atom. The number of hydrogen-bond donors (Lipinski definition) is 0. The number of aryl methyl sites for hydroxylation is 1. The van der Waals surface area contributed by atoms with Gasteiger partial charge in [-0.15, -0.1) is 0 Å². The van der Waals surface area contributed by atoms with E-state index in [1.54, 1.807) is 12.4 Å². The van der Waals surface area contributed by atoms with Gasteiger partial charge in [-0.2, -0.15) is 0 Å². The summed E-state index contributed by atoms with van der Waals surface area (Å²) in [5.41, 5.74) is 1.17. The average Bonchev–Trinajstić information content (AvgIpc) is 3.13. The van der Waals surface area contributed by atoms with Gasteiger partial charge >= 0.3 is 0 Å². The molecule has 6 nitrogen and oxygen atoms in total. The van der Waals surface area contributed by atoms with Crippen LogP contribution < -0.4 is 0 Å². The van der Waals surface area contributed by atoms with Gasteiger partial charge in [0.2, 0.25) is 0 Å². The molecule has 2 aliphatic heterocycles. The summed E-state index contributed by atoms with van der Waals surface area (Å²) in [6, 6.07) is 8.01. The van der Waals surface area contributed by atoms with Crippen molar-refractivity contribution in [1.82, 2.24) is 14.8 Å². The van der Waals surface area contributed by atoms with Crippen molar-refractivity contribution in [2.75, 3.05) is 24.6 Å². The fraction of sp³-hybridized carbons (Fsp3) is 0.500. The van der Waals surface area contributed by atoms with Crippen LogP contribution in [0.2, 0.25) is 0 Å². The summed E-state index contributed by atoms with van der Waals surface area (Å²) in [7, 11) is -3.00. The van der Waals surface area contributed by atoms with E-state index < -0.39 is 9.84 Å². The molecule has 0 bridgehead atoms. The van der Waals surface area contributed by atoms with Gasteiger partial charge in [-0.25, -0.2) is 8.42 Å². The first-order valence-electron chi connectivity index (χ1n) is 8.63. The zero-order chi connectivity index (χ0) is 17.4. The minimum absolute atomic E-state index is 0.0333. The predicted octanol–water partition coefficient (Wildman–Crippen LogP) is 1.47. The van der Waals surface area contributed by atoms with Crippen LogP contribution in [-0.4, -0.2) is 59.9 Å². The number of hydrogen-bond acceptors (Lipinski definition) is 6. The SMILES string of the molecule is Cc1ccc(CN2CCN(Cc3ccncc3)[C@H]3CS(=O)(=O)C[C@H]32)o1. The highest BCUT2D eigenvalue weighted by atomic mass is 32.2. The number of pyridine rings is 1. The Balaban J connectivity index is 1.53. The van der Waals surface area contributed by atoms with Crippen LogP contribution in [0.4, 0.5) is 0 Å². The molecule has 2 aromatic rings. The lowest BCUT2D eigenvalue weighted by Gasteiger charge is -2.43. The highest BCUT2D eigenvalue weighted by molar-refractivity contribution is 7.91. The number of fused-ring (bicyclic) bond motifs is 1. The van der Waals surface area contributed by atoms with Gasteiger partial charge in [-0.1, -0.05) is 0 Å².